The molecule has 1 saturated heterocycles. The summed E-state index contributed by atoms with van der Waals surface area (Å²) in [5, 5.41) is 32.3. The van der Waals surface area contributed by atoms with E-state index in [-0.39, 0.29) is 44.1 Å². The third-order valence-electron chi connectivity index (χ3n) is 5.74. The fourth-order valence-electron chi connectivity index (χ4n) is 3.88. The number of carbonyl (C=O) groups is 2. The van der Waals surface area contributed by atoms with Gasteiger partial charge in [0.25, 0.3) is 17.3 Å². The molecular weight excluding hydrogens is 540 g/mol. The van der Waals surface area contributed by atoms with Crippen LogP contribution < -0.4 is 4.90 Å². The van der Waals surface area contributed by atoms with Crippen molar-refractivity contribution in [2.45, 2.75) is 0 Å². The molecule has 0 atom stereocenters. The number of aliphatic imine (C=N–C) groups is 1. The van der Waals surface area contributed by atoms with Crippen LogP contribution in [-0.2, 0) is 4.79 Å². The van der Waals surface area contributed by atoms with Gasteiger partial charge in [-0.15, -0.1) is 0 Å². The molecule has 13 heteroatoms. The largest absolute Gasteiger partial charge is 0.478 e. The lowest BCUT2D eigenvalue weighted by Gasteiger charge is -2.15. The van der Waals surface area contributed by atoms with Crippen molar-refractivity contribution < 1.29 is 29.0 Å². The van der Waals surface area contributed by atoms with Crippen LogP contribution in [0.3, 0.4) is 0 Å². The van der Waals surface area contributed by atoms with E-state index in [1.165, 1.54) is 60.7 Å². The molecule has 1 N–H and O–H groups in total. The summed E-state index contributed by atoms with van der Waals surface area (Å²) in [6.45, 7) is 0. The monoisotopic (exact) mass is 556 g/mol. The lowest BCUT2D eigenvalue weighted by molar-refractivity contribution is -0.384. The van der Waals surface area contributed by atoms with Crippen LogP contribution in [0, 0.1) is 20.2 Å². The van der Waals surface area contributed by atoms with Gasteiger partial charge in [0.05, 0.1) is 20.3 Å². The van der Waals surface area contributed by atoms with Crippen molar-refractivity contribution in [3.8, 4) is 11.3 Å². The van der Waals surface area contributed by atoms with Gasteiger partial charge >= 0.3 is 5.97 Å². The molecule has 1 amide bonds. The molecular formula is C27H16N4O8S. The van der Waals surface area contributed by atoms with Crippen molar-refractivity contribution in [2.24, 2.45) is 4.99 Å². The van der Waals surface area contributed by atoms with Crippen molar-refractivity contribution in [2.75, 3.05) is 4.90 Å². The number of benzene rings is 3. The summed E-state index contributed by atoms with van der Waals surface area (Å²) >= 11 is 0.879. The predicted molar refractivity (Wildman–Crippen MR) is 147 cm³/mol. The standard InChI is InChI=1S/C27H16N4O8S/c32-25-24(15-18-13-14-23(39-18)16-9-11-17(12-10-16)26(33)34)40-27(28-19-5-1-2-6-20(19)30(35)36)29(25)21-7-3-4-8-22(21)31(37)38/h1-15H,(H,33,34)/b24-15+,28-27?. The predicted octanol–water partition coefficient (Wildman–Crippen LogP) is 6.27. The average molecular weight is 557 g/mol. The van der Waals surface area contributed by atoms with Crippen LogP contribution in [0.15, 0.2) is 99.2 Å². The molecule has 3 aromatic carbocycles. The summed E-state index contributed by atoms with van der Waals surface area (Å²) in [4.78, 5) is 52.2. The molecule has 2 heterocycles. The number of furan rings is 1. The highest BCUT2D eigenvalue weighted by Gasteiger charge is 2.38. The molecule has 1 fully saturated rings. The Kier molecular flexibility index (Phi) is 6.95. The number of hydrogen-bond donors (Lipinski definition) is 1. The first kappa shape index (κ1) is 26.1. The van der Waals surface area contributed by atoms with Gasteiger partial charge in [-0.1, -0.05) is 36.4 Å². The lowest BCUT2D eigenvalue weighted by atomic mass is 10.1. The molecule has 1 aromatic heterocycles. The summed E-state index contributed by atoms with van der Waals surface area (Å²) in [5.41, 5.74) is -0.000791. The quantitative estimate of drug-likeness (QED) is 0.156. The molecule has 0 aliphatic carbocycles. The summed E-state index contributed by atoms with van der Waals surface area (Å²) in [6.07, 6.45) is 1.44. The highest BCUT2D eigenvalue weighted by molar-refractivity contribution is 8.19. The van der Waals surface area contributed by atoms with Gasteiger partial charge < -0.3 is 9.52 Å². The van der Waals surface area contributed by atoms with Crippen LogP contribution >= 0.6 is 11.8 Å². The molecule has 1 aliphatic heterocycles. The second-order valence-electron chi connectivity index (χ2n) is 8.22. The Morgan fingerprint density at radius 2 is 1.55 bits per heavy atom. The number of carboxylic acids is 1. The van der Waals surface area contributed by atoms with Gasteiger partial charge in [0.2, 0.25) is 0 Å². The minimum absolute atomic E-state index is 0.0177. The van der Waals surface area contributed by atoms with E-state index in [0.717, 1.165) is 16.7 Å². The van der Waals surface area contributed by atoms with E-state index in [2.05, 4.69) is 4.99 Å². The minimum atomic E-state index is -1.06. The van der Waals surface area contributed by atoms with Gasteiger partial charge in [-0.3, -0.25) is 25.0 Å². The first-order valence-corrected chi connectivity index (χ1v) is 12.3. The Morgan fingerprint density at radius 1 is 0.900 bits per heavy atom. The van der Waals surface area contributed by atoms with Crippen molar-refractivity contribution in [1.82, 2.24) is 0 Å². The van der Waals surface area contributed by atoms with Crippen LogP contribution in [0.1, 0.15) is 16.1 Å². The number of nitro benzene ring substituents is 2. The molecule has 4 aromatic rings. The Hall–Kier alpha value is -5.56. The zero-order valence-corrected chi connectivity index (χ0v) is 21.0. The fraction of sp³-hybridized carbons (Fsp3) is 0. The number of aromatic carboxylic acids is 1. The minimum Gasteiger partial charge on any atom is -0.478 e. The molecule has 1 aliphatic rings. The van der Waals surface area contributed by atoms with Gasteiger partial charge in [0, 0.05) is 23.8 Å². The average Bonchev–Trinajstić information content (AvgIpc) is 3.53. The fourth-order valence-corrected chi connectivity index (χ4v) is 4.84. The van der Waals surface area contributed by atoms with Crippen molar-refractivity contribution in [3.05, 3.63) is 121 Å². The van der Waals surface area contributed by atoms with Crippen molar-refractivity contribution in [3.63, 3.8) is 0 Å². The molecule has 12 nitrogen and oxygen atoms in total. The number of hydrogen-bond acceptors (Lipinski definition) is 9. The first-order valence-electron chi connectivity index (χ1n) is 11.5. The van der Waals surface area contributed by atoms with Gasteiger partial charge in [-0.2, -0.15) is 0 Å². The number of carboxylic acid groups (broad SMARTS) is 1. The molecule has 5 rings (SSSR count). The van der Waals surface area contributed by atoms with Gasteiger partial charge in [-0.25, -0.2) is 14.7 Å². The van der Waals surface area contributed by atoms with Crippen molar-refractivity contribution in [1.29, 1.82) is 0 Å². The smallest absolute Gasteiger partial charge is 0.335 e. The van der Waals surface area contributed by atoms with E-state index in [4.69, 9.17) is 9.52 Å². The van der Waals surface area contributed by atoms with Crippen LogP contribution in [0.4, 0.5) is 22.7 Å². The lowest BCUT2D eigenvalue weighted by Crippen LogP contribution is -2.29. The van der Waals surface area contributed by atoms with E-state index < -0.39 is 21.7 Å². The highest BCUT2D eigenvalue weighted by atomic mass is 32.2. The zero-order valence-electron chi connectivity index (χ0n) is 20.2. The zero-order chi connectivity index (χ0) is 28.4. The molecule has 0 saturated carbocycles. The van der Waals surface area contributed by atoms with E-state index in [0.29, 0.717) is 11.3 Å². The van der Waals surface area contributed by atoms with Crippen LogP contribution in [-0.4, -0.2) is 32.0 Å². The SMILES string of the molecule is O=C(O)c1ccc(-c2ccc(/C=C3/SC(=Nc4ccccc4[N+](=O)[O-])N(c4ccccc4[N+](=O)[O-])C3=O)o2)cc1. The molecule has 0 unspecified atom stereocenters. The topological polar surface area (TPSA) is 169 Å². The Labute approximate surface area is 229 Å². The van der Waals surface area contributed by atoms with E-state index in [9.17, 15) is 29.8 Å². The van der Waals surface area contributed by atoms with Gasteiger partial charge in [0.1, 0.15) is 22.9 Å². The summed E-state index contributed by atoms with van der Waals surface area (Å²) < 4.78 is 5.84. The number of para-hydroxylation sites is 4. The van der Waals surface area contributed by atoms with E-state index in [1.807, 2.05) is 0 Å². The maximum Gasteiger partial charge on any atom is 0.335 e. The van der Waals surface area contributed by atoms with Gasteiger partial charge in [-0.05, 0) is 48.2 Å². The highest BCUT2D eigenvalue weighted by Crippen LogP contribution is 2.42. The number of amides is 1. The Bertz CT molecular complexity index is 1740. The third kappa shape index (κ3) is 5.08. The Morgan fingerprint density at radius 3 is 2.23 bits per heavy atom. The summed E-state index contributed by atoms with van der Waals surface area (Å²) in [5.74, 6) is -0.999. The van der Waals surface area contributed by atoms with Crippen LogP contribution in [0.5, 0.6) is 0 Å². The maximum atomic E-state index is 13.6. The van der Waals surface area contributed by atoms with E-state index in [1.54, 1.807) is 30.3 Å². The molecule has 0 spiro atoms. The van der Waals surface area contributed by atoms with Gasteiger partial charge in [0.15, 0.2) is 5.17 Å². The van der Waals surface area contributed by atoms with Crippen LogP contribution in [0.2, 0.25) is 0 Å². The summed E-state index contributed by atoms with van der Waals surface area (Å²) in [7, 11) is 0. The normalized spacial score (nSPS) is 15.1. The third-order valence-corrected chi connectivity index (χ3v) is 6.71. The second-order valence-corrected chi connectivity index (χ2v) is 9.23. The summed E-state index contributed by atoms with van der Waals surface area (Å²) in [6, 6.07) is 20.6. The molecule has 198 valence electrons. The number of rotatable bonds is 7. The van der Waals surface area contributed by atoms with Crippen molar-refractivity contribution >= 4 is 57.6 Å². The second kappa shape index (κ2) is 10.7. The number of amidine groups is 1. The number of thioether (sulfide) groups is 1. The molecule has 40 heavy (non-hydrogen) atoms. The molecule has 0 radical (unpaired) electrons. The Balaban J connectivity index is 1.56. The number of carbonyl (C=O) groups excluding carboxylic acids is 1. The maximum absolute atomic E-state index is 13.6. The first-order chi connectivity index (χ1) is 19.2. The number of nitrogens with zero attached hydrogens (tertiary/aromatic N) is 4. The number of nitro groups is 2. The molecule has 0 bridgehead atoms. The van der Waals surface area contributed by atoms with Crippen LogP contribution in [0.25, 0.3) is 17.4 Å². The van der Waals surface area contributed by atoms with E-state index >= 15 is 0 Å². The number of anilines is 1.